The van der Waals surface area contributed by atoms with Gasteiger partial charge in [-0.3, -0.25) is 4.98 Å². The fourth-order valence-electron chi connectivity index (χ4n) is 2.58. The van der Waals surface area contributed by atoms with Gasteiger partial charge in [-0.25, -0.2) is 0 Å². The summed E-state index contributed by atoms with van der Waals surface area (Å²) in [4.78, 5) is 4.29. The first kappa shape index (κ1) is 14.0. The van der Waals surface area contributed by atoms with Crippen molar-refractivity contribution in [3.05, 3.63) is 42.2 Å². The van der Waals surface area contributed by atoms with E-state index >= 15 is 0 Å². The molecular weight excluding hydrogens is 232 g/mol. The van der Waals surface area contributed by atoms with Gasteiger partial charge in [0.15, 0.2) is 0 Å². The molecule has 0 radical (unpaired) electrons. The van der Waals surface area contributed by atoms with Crippen LogP contribution in [0.15, 0.2) is 36.7 Å². The van der Waals surface area contributed by atoms with Crippen molar-refractivity contribution < 1.29 is 0 Å². The van der Waals surface area contributed by atoms with Crippen molar-refractivity contribution in [1.82, 2.24) is 10.3 Å². The highest BCUT2D eigenvalue weighted by Gasteiger charge is 2.14. The molecular formula is C17H24N2. The number of rotatable bonds is 6. The summed E-state index contributed by atoms with van der Waals surface area (Å²) < 4.78 is 0. The quantitative estimate of drug-likeness (QED) is 0.825. The number of nitrogens with one attached hydrogen (secondary N) is 1. The predicted octanol–water partition coefficient (Wildman–Crippen LogP) is 4.46. The topological polar surface area (TPSA) is 24.9 Å². The lowest BCUT2D eigenvalue weighted by Gasteiger charge is -2.23. The van der Waals surface area contributed by atoms with Crippen molar-refractivity contribution in [1.29, 1.82) is 0 Å². The number of benzene rings is 1. The van der Waals surface area contributed by atoms with Crippen LogP contribution in [0.2, 0.25) is 0 Å². The Kier molecular flexibility index (Phi) is 4.92. The maximum absolute atomic E-state index is 4.29. The molecule has 102 valence electrons. The summed E-state index contributed by atoms with van der Waals surface area (Å²) in [7, 11) is 0. The summed E-state index contributed by atoms with van der Waals surface area (Å²) >= 11 is 0. The second-order valence-corrected chi connectivity index (χ2v) is 5.46. The summed E-state index contributed by atoms with van der Waals surface area (Å²) in [5.74, 6) is 0. The van der Waals surface area contributed by atoms with Crippen LogP contribution in [0.3, 0.4) is 0 Å². The monoisotopic (exact) mass is 256 g/mol. The van der Waals surface area contributed by atoms with E-state index in [9.17, 15) is 0 Å². The average Bonchev–Trinajstić information content (AvgIpc) is 2.42. The molecule has 1 unspecified atom stereocenters. The Bertz CT molecular complexity index is 514. The molecule has 1 N–H and O–H groups in total. The van der Waals surface area contributed by atoms with Gasteiger partial charge in [-0.05, 0) is 23.4 Å². The number of nitrogens with zero attached hydrogens (tertiary/aromatic N) is 1. The molecule has 0 aliphatic carbocycles. The van der Waals surface area contributed by atoms with Crippen molar-refractivity contribution in [2.75, 3.05) is 0 Å². The van der Waals surface area contributed by atoms with Gasteiger partial charge in [0.2, 0.25) is 0 Å². The molecule has 0 bridgehead atoms. The first-order valence-electron chi connectivity index (χ1n) is 7.31. The zero-order valence-electron chi connectivity index (χ0n) is 12.2. The zero-order chi connectivity index (χ0) is 13.7. The van der Waals surface area contributed by atoms with E-state index in [1.165, 1.54) is 35.6 Å². The summed E-state index contributed by atoms with van der Waals surface area (Å²) in [6.45, 7) is 6.67. The maximum atomic E-state index is 4.29. The van der Waals surface area contributed by atoms with Gasteiger partial charge in [-0.15, -0.1) is 0 Å². The Labute approximate surface area is 116 Å². The van der Waals surface area contributed by atoms with Crippen LogP contribution in [-0.4, -0.2) is 11.0 Å². The highest BCUT2D eigenvalue weighted by Crippen LogP contribution is 2.27. The van der Waals surface area contributed by atoms with Crippen LogP contribution in [0.25, 0.3) is 10.8 Å². The predicted molar refractivity (Wildman–Crippen MR) is 82.3 cm³/mol. The van der Waals surface area contributed by atoms with Gasteiger partial charge >= 0.3 is 0 Å². The molecule has 0 amide bonds. The minimum absolute atomic E-state index is 0.424. The van der Waals surface area contributed by atoms with Crippen LogP contribution in [0.1, 0.15) is 51.6 Å². The Morgan fingerprint density at radius 1 is 1.21 bits per heavy atom. The molecule has 2 aromatic rings. The van der Waals surface area contributed by atoms with Gasteiger partial charge in [0.25, 0.3) is 0 Å². The SMILES string of the molecule is CCCCC(NC(C)C)c1cccc2ccncc12. The number of hydrogen-bond donors (Lipinski definition) is 1. The highest BCUT2D eigenvalue weighted by molar-refractivity contribution is 5.85. The van der Waals surface area contributed by atoms with Gasteiger partial charge in [-0.2, -0.15) is 0 Å². The van der Waals surface area contributed by atoms with E-state index in [2.05, 4.69) is 55.3 Å². The lowest BCUT2D eigenvalue weighted by Crippen LogP contribution is -2.28. The molecule has 0 saturated carbocycles. The normalized spacial score (nSPS) is 13.1. The van der Waals surface area contributed by atoms with E-state index < -0.39 is 0 Å². The van der Waals surface area contributed by atoms with E-state index in [1.807, 2.05) is 12.4 Å². The van der Waals surface area contributed by atoms with Crippen molar-refractivity contribution in [3.63, 3.8) is 0 Å². The van der Waals surface area contributed by atoms with Gasteiger partial charge in [-0.1, -0.05) is 51.8 Å². The van der Waals surface area contributed by atoms with Crippen LogP contribution >= 0.6 is 0 Å². The maximum Gasteiger partial charge on any atom is 0.0349 e. The second kappa shape index (κ2) is 6.67. The van der Waals surface area contributed by atoms with E-state index in [-0.39, 0.29) is 0 Å². The van der Waals surface area contributed by atoms with Gasteiger partial charge < -0.3 is 5.32 Å². The third-order valence-electron chi connectivity index (χ3n) is 3.47. The van der Waals surface area contributed by atoms with E-state index in [1.54, 1.807) is 0 Å². The van der Waals surface area contributed by atoms with E-state index in [4.69, 9.17) is 0 Å². The van der Waals surface area contributed by atoms with Crippen LogP contribution in [0, 0.1) is 0 Å². The average molecular weight is 256 g/mol. The molecule has 1 heterocycles. The van der Waals surface area contributed by atoms with Crippen LogP contribution in [-0.2, 0) is 0 Å². The van der Waals surface area contributed by atoms with Gasteiger partial charge in [0.05, 0.1) is 0 Å². The minimum atomic E-state index is 0.424. The number of pyridine rings is 1. The van der Waals surface area contributed by atoms with Crippen LogP contribution < -0.4 is 5.32 Å². The molecule has 2 heteroatoms. The number of aromatic nitrogens is 1. The second-order valence-electron chi connectivity index (χ2n) is 5.46. The third kappa shape index (κ3) is 3.54. The first-order chi connectivity index (χ1) is 9.22. The van der Waals surface area contributed by atoms with Gasteiger partial charge in [0.1, 0.15) is 0 Å². The fourth-order valence-corrected chi connectivity index (χ4v) is 2.58. The van der Waals surface area contributed by atoms with Crippen molar-refractivity contribution in [2.24, 2.45) is 0 Å². The van der Waals surface area contributed by atoms with Crippen molar-refractivity contribution >= 4 is 10.8 Å². The van der Waals surface area contributed by atoms with E-state index in [0.717, 1.165) is 0 Å². The smallest absolute Gasteiger partial charge is 0.0349 e. The molecule has 0 aliphatic rings. The standard InChI is InChI=1S/C17H24N2/c1-4-5-9-17(19-13(2)3)15-8-6-7-14-10-11-18-12-16(14)15/h6-8,10-13,17,19H,4-5,9H2,1-3H3. The lowest BCUT2D eigenvalue weighted by atomic mass is 9.96. The number of fused-ring (bicyclic) bond motifs is 1. The molecule has 1 aromatic heterocycles. The third-order valence-corrected chi connectivity index (χ3v) is 3.47. The van der Waals surface area contributed by atoms with Crippen LogP contribution in [0.4, 0.5) is 0 Å². The Hall–Kier alpha value is -1.41. The summed E-state index contributed by atoms with van der Waals surface area (Å²) in [6, 6.07) is 9.55. The summed E-state index contributed by atoms with van der Waals surface area (Å²) in [5, 5.41) is 6.25. The van der Waals surface area contributed by atoms with Gasteiger partial charge in [0, 0.05) is 29.9 Å². The fraction of sp³-hybridized carbons (Fsp3) is 0.471. The summed E-state index contributed by atoms with van der Waals surface area (Å²) in [6.07, 6.45) is 7.53. The molecule has 2 rings (SSSR count). The Morgan fingerprint density at radius 3 is 2.79 bits per heavy atom. The van der Waals surface area contributed by atoms with Crippen molar-refractivity contribution in [2.45, 2.75) is 52.1 Å². The molecule has 0 spiro atoms. The Morgan fingerprint density at radius 2 is 2.05 bits per heavy atom. The summed E-state index contributed by atoms with van der Waals surface area (Å²) in [5.41, 5.74) is 1.38. The molecule has 0 saturated heterocycles. The largest absolute Gasteiger partial charge is 0.308 e. The molecule has 2 nitrogen and oxygen atoms in total. The molecule has 19 heavy (non-hydrogen) atoms. The molecule has 0 fully saturated rings. The minimum Gasteiger partial charge on any atom is -0.308 e. The van der Waals surface area contributed by atoms with Crippen LogP contribution in [0.5, 0.6) is 0 Å². The Balaban J connectivity index is 2.37. The molecule has 1 atom stereocenters. The highest BCUT2D eigenvalue weighted by atomic mass is 14.9. The van der Waals surface area contributed by atoms with E-state index in [0.29, 0.717) is 12.1 Å². The number of unbranched alkanes of at least 4 members (excludes halogenated alkanes) is 1. The molecule has 0 aliphatic heterocycles. The lowest BCUT2D eigenvalue weighted by molar-refractivity contribution is 0.442. The first-order valence-corrected chi connectivity index (χ1v) is 7.31. The molecule has 1 aromatic carbocycles. The zero-order valence-corrected chi connectivity index (χ0v) is 12.2. The van der Waals surface area contributed by atoms with Crippen molar-refractivity contribution in [3.8, 4) is 0 Å². The number of hydrogen-bond acceptors (Lipinski definition) is 2.